The van der Waals surface area contributed by atoms with Crippen LogP contribution in [0.15, 0.2) is 54.1 Å². The van der Waals surface area contributed by atoms with Crippen molar-refractivity contribution < 1.29 is 14.5 Å². The van der Waals surface area contributed by atoms with Gasteiger partial charge in [0.25, 0.3) is 17.5 Å². The fraction of sp³-hybridized carbons (Fsp3) is 0.105. The smallest absolute Gasteiger partial charge is 0.276 e. The van der Waals surface area contributed by atoms with Gasteiger partial charge in [-0.15, -0.1) is 0 Å². The Hall–Kier alpha value is -3.99. The van der Waals surface area contributed by atoms with E-state index in [2.05, 4.69) is 5.32 Å². The topological polar surface area (TPSA) is 116 Å². The normalized spacial score (nSPS) is 10.6. The van der Waals surface area contributed by atoms with Crippen molar-refractivity contribution in [2.24, 2.45) is 0 Å². The van der Waals surface area contributed by atoms with Gasteiger partial charge in [-0.2, -0.15) is 5.26 Å². The Kier molecular flexibility index (Phi) is 6.02. The molecule has 0 aliphatic carbocycles. The van der Waals surface area contributed by atoms with Gasteiger partial charge in [0.1, 0.15) is 11.6 Å². The number of carbonyl (C=O) groups excluding carboxylic acids is 2. The van der Waals surface area contributed by atoms with Gasteiger partial charge in [0.05, 0.1) is 10.5 Å². The van der Waals surface area contributed by atoms with Crippen LogP contribution < -0.4 is 5.32 Å². The van der Waals surface area contributed by atoms with E-state index < -0.39 is 10.8 Å². The summed E-state index contributed by atoms with van der Waals surface area (Å²) in [6.07, 6.45) is 1.16. The van der Waals surface area contributed by atoms with Crippen molar-refractivity contribution in [3.8, 4) is 6.07 Å². The van der Waals surface area contributed by atoms with Gasteiger partial charge < -0.3 is 10.2 Å². The second-order valence-corrected chi connectivity index (χ2v) is 5.72. The first kappa shape index (κ1) is 19.3. The highest BCUT2D eigenvalue weighted by Gasteiger charge is 2.15. The van der Waals surface area contributed by atoms with Crippen LogP contribution in [0.4, 0.5) is 11.4 Å². The van der Waals surface area contributed by atoms with Crippen molar-refractivity contribution in [3.05, 3.63) is 75.3 Å². The second kappa shape index (κ2) is 8.40. The Morgan fingerprint density at radius 3 is 2.33 bits per heavy atom. The molecular formula is C19H16N4O4. The van der Waals surface area contributed by atoms with E-state index in [1.54, 1.807) is 38.4 Å². The van der Waals surface area contributed by atoms with Crippen LogP contribution in [0, 0.1) is 21.4 Å². The number of rotatable bonds is 5. The van der Waals surface area contributed by atoms with Gasteiger partial charge in [0.15, 0.2) is 0 Å². The van der Waals surface area contributed by atoms with Gasteiger partial charge in [-0.3, -0.25) is 19.7 Å². The lowest BCUT2D eigenvalue weighted by Crippen LogP contribution is -2.21. The predicted octanol–water partition coefficient (Wildman–Crippen LogP) is 2.84. The van der Waals surface area contributed by atoms with E-state index >= 15 is 0 Å². The number of amides is 2. The number of hydrogen-bond donors (Lipinski definition) is 1. The molecule has 27 heavy (non-hydrogen) atoms. The van der Waals surface area contributed by atoms with E-state index in [1.165, 1.54) is 35.2 Å². The van der Waals surface area contributed by atoms with Crippen LogP contribution in [0.1, 0.15) is 15.9 Å². The number of nitro groups is 1. The Labute approximate surface area is 155 Å². The molecule has 8 heteroatoms. The van der Waals surface area contributed by atoms with Crippen LogP contribution in [-0.2, 0) is 4.79 Å². The van der Waals surface area contributed by atoms with Crippen LogP contribution >= 0.6 is 0 Å². The maximum Gasteiger partial charge on any atom is 0.276 e. The van der Waals surface area contributed by atoms with Crippen LogP contribution in [0.2, 0.25) is 0 Å². The second-order valence-electron chi connectivity index (χ2n) is 5.72. The Morgan fingerprint density at radius 2 is 1.78 bits per heavy atom. The molecule has 0 atom stereocenters. The molecule has 136 valence electrons. The van der Waals surface area contributed by atoms with Crippen LogP contribution in [-0.4, -0.2) is 35.7 Å². The van der Waals surface area contributed by atoms with Crippen LogP contribution in [0.5, 0.6) is 0 Å². The monoisotopic (exact) mass is 364 g/mol. The van der Waals surface area contributed by atoms with Gasteiger partial charge in [-0.1, -0.05) is 12.1 Å². The quantitative estimate of drug-likeness (QED) is 0.379. The number of hydrogen-bond acceptors (Lipinski definition) is 5. The van der Waals surface area contributed by atoms with E-state index in [1.807, 2.05) is 0 Å². The van der Waals surface area contributed by atoms with E-state index in [9.17, 15) is 25.0 Å². The van der Waals surface area contributed by atoms with Crippen LogP contribution in [0.3, 0.4) is 0 Å². The van der Waals surface area contributed by atoms with Crippen molar-refractivity contribution >= 4 is 29.3 Å². The minimum Gasteiger partial charge on any atom is -0.345 e. The first-order valence-corrected chi connectivity index (χ1v) is 7.81. The van der Waals surface area contributed by atoms with Crippen molar-refractivity contribution in [2.75, 3.05) is 19.4 Å². The minimum absolute atomic E-state index is 0.154. The number of anilines is 1. The number of carbonyl (C=O) groups is 2. The van der Waals surface area contributed by atoms with Crippen molar-refractivity contribution in [1.29, 1.82) is 5.26 Å². The summed E-state index contributed by atoms with van der Waals surface area (Å²) in [5.74, 6) is -0.885. The summed E-state index contributed by atoms with van der Waals surface area (Å²) in [6.45, 7) is 0. The highest BCUT2D eigenvalue weighted by atomic mass is 16.6. The number of benzene rings is 2. The standard InChI is InChI=1S/C19H16N4O4/c1-22(2)19(25)13-7-9-16(10-8-13)21-18(24)15(12-20)11-14-5-3-4-6-17(14)23(26)27/h3-11H,1-2H3,(H,21,24)/b15-11-. The largest absolute Gasteiger partial charge is 0.345 e. The Bertz CT molecular complexity index is 956. The summed E-state index contributed by atoms with van der Waals surface area (Å²) in [4.78, 5) is 36.1. The number of nitriles is 1. The highest BCUT2D eigenvalue weighted by molar-refractivity contribution is 6.10. The lowest BCUT2D eigenvalue weighted by Gasteiger charge is -2.10. The maximum absolute atomic E-state index is 12.3. The molecule has 2 rings (SSSR count). The van der Waals surface area contributed by atoms with Gasteiger partial charge in [0.2, 0.25) is 0 Å². The van der Waals surface area contributed by atoms with Crippen molar-refractivity contribution in [1.82, 2.24) is 4.90 Å². The van der Waals surface area contributed by atoms with E-state index in [-0.39, 0.29) is 22.7 Å². The summed E-state index contributed by atoms with van der Waals surface area (Å²) >= 11 is 0. The molecule has 0 heterocycles. The molecule has 0 aliphatic heterocycles. The molecule has 0 aliphatic rings. The Balaban J connectivity index is 2.22. The number of nitrogens with one attached hydrogen (secondary N) is 1. The minimum atomic E-state index is -0.706. The summed E-state index contributed by atoms with van der Waals surface area (Å²) in [5.41, 5.74) is 0.511. The summed E-state index contributed by atoms with van der Waals surface area (Å²) in [7, 11) is 3.26. The number of para-hydroxylation sites is 1. The SMILES string of the molecule is CN(C)C(=O)c1ccc(NC(=O)/C(C#N)=C\c2ccccc2[N+](=O)[O-])cc1. The third-order valence-corrected chi connectivity index (χ3v) is 3.59. The fourth-order valence-electron chi connectivity index (χ4n) is 2.23. The molecule has 1 N–H and O–H groups in total. The zero-order valence-corrected chi connectivity index (χ0v) is 14.7. The molecule has 0 unspecified atom stereocenters. The zero-order valence-electron chi connectivity index (χ0n) is 14.7. The van der Waals surface area contributed by atoms with Gasteiger partial charge in [0, 0.05) is 31.4 Å². The molecule has 0 saturated carbocycles. The van der Waals surface area contributed by atoms with Gasteiger partial charge >= 0.3 is 0 Å². The van der Waals surface area contributed by atoms with Crippen molar-refractivity contribution in [3.63, 3.8) is 0 Å². The highest BCUT2D eigenvalue weighted by Crippen LogP contribution is 2.21. The molecule has 2 aromatic carbocycles. The fourth-order valence-corrected chi connectivity index (χ4v) is 2.23. The maximum atomic E-state index is 12.3. The van der Waals surface area contributed by atoms with Gasteiger partial charge in [-0.05, 0) is 36.4 Å². The van der Waals surface area contributed by atoms with E-state index in [0.29, 0.717) is 11.3 Å². The third kappa shape index (κ3) is 4.76. The third-order valence-electron chi connectivity index (χ3n) is 3.59. The zero-order chi connectivity index (χ0) is 20.0. The number of nitro benzene ring substituents is 1. The van der Waals surface area contributed by atoms with Crippen LogP contribution in [0.25, 0.3) is 6.08 Å². The first-order chi connectivity index (χ1) is 12.8. The number of nitrogens with zero attached hydrogens (tertiary/aromatic N) is 3. The van der Waals surface area contributed by atoms with E-state index in [0.717, 1.165) is 6.08 Å². The average Bonchev–Trinajstić information content (AvgIpc) is 2.66. The molecule has 0 aromatic heterocycles. The first-order valence-electron chi connectivity index (χ1n) is 7.81. The lowest BCUT2D eigenvalue weighted by atomic mass is 10.1. The van der Waals surface area contributed by atoms with E-state index in [4.69, 9.17) is 0 Å². The Morgan fingerprint density at radius 1 is 1.15 bits per heavy atom. The molecule has 0 bridgehead atoms. The summed E-state index contributed by atoms with van der Waals surface area (Å²) in [5, 5.41) is 22.8. The molecule has 0 fully saturated rings. The predicted molar refractivity (Wildman–Crippen MR) is 99.8 cm³/mol. The molecule has 8 nitrogen and oxygen atoms in total. The summed E-state index contributed by atoms with van der Waals surface area (Å²) < 4.78 is 0. The molecule has 0 saturated heterocycles. The molecular weight excluding hydrogens is 348 g/mol. The van der Waals surface area contributed by atoms with Gasteiger partial charge in [-0.25, -0.2) is 0 Å². The molecule has 0 radical (unpaired) electrons. The summed E-state index contributed by atoms with van der Waals surface area (Å²) in [6, 6.07) is 13.7. The molecule has 2 amide bonds. The average molecular weight is 364 g/mol. The lowest BCUT2D eigenvalue weighted by molar-refractivity contribution is -0.385. The van der Waals surface area contributed by atoms with Crippen molar-refractivity contribution in [2.45, 2.75) is 0 Å². The molecule has 2 aromatic rings. The molecule has 0 spiro atoms.